The standard InChI is InChI=1S/C15H13BrN4O/c1-10-5-12(16)8-20-9-13(19-14(10)20)7-18-15(21)11-3-2-4-17-6-11/h2-6,8-9H,7H2,1H3,(H,18,21). The van der Waals surface area contributed by atoms with E-state index in [1.165, 1.54) is 0 Å². The number of pyridine rings is 2. The first-order valence-electron chi connectivity index (χ1n) is 6.45. The molecular formula is C15H13BrN4O. The number of nitrogens with one attached hydrogen (secondary N) is 1. The summed E-state index contributed by atoms with van der Waals surface area (Å²) in [5, 5.41) is 2.84. The van der Waals surface area contributed by atoms with Crippen LogP contribution in [-0.4, -0.2) is 20.3 Å². The first kappa shape index (κ1) is 13.8. The Hall–Kier alpha value is -2.21. The second kappa shape index (κ2) is 5.65. The van der Waals surface area contributed by atoms with Crippen molar-refractivity contribution in [2.45, 2.75) is 13.5 Å². The van der Waals surface area contributed by atoms with E-state index >= 15 is 0 Å². The van der Waals surface area contributed by atoms with E-state index in [2.05, 4.69) is 31.2 Å². The van der Waals surface area contributed by atoms with Crippen molar-refractivity contribution < 1.29 is 4.79 Å². The van der Waals surface area contributed by atoms with Crippen LogP contribution in [0.2, 0.25) is 0 Å². The van der Waals surface area contributed by atoms with E-state index in [0.29, 0.717) is 12.1 Å². The summed E-state index contributed by atoms with van der Waals surface area (Å²) in [6.07, 6.45) is 7.04. The van der Waals surface area contributed by atoms with Gasteiger partial charge in [0.05, 0.1) is 17.8 Å². The Morgan fingerprint density at radius 3 is 3.05 bits per heavy atom. The fourth-order valence-corrected chi connectivity index (χ4v) is 2.70. The summed E-state index contributed by atoms with van der Waals surface area (Å²) in [5.74, 6) is -0.155. The van der Waals surface area contributed by atoms with Gasteiger partial charge in [-0.15, -0.1) is 0 Å². The smallest absolute Gasteiger partial charge is 0.253 e. The van der Waals surface area contributed by atoms with Gasteiger partial charge in [-0.3, -0.25) is 9.78 Å². The van der Waals surface area contributed by atoms with Gasteiger partial charge in [0.25, 0.3) is 5.91 Å². The van der Waals surface area contributed by atoms with E-state index in [0.717, 1.165) is 21.4 Å². The van der Waals surface area contributed by atoms with Gasteiger partial charge in [0.2, 0.25) is 0 Å². The lowest BCUT2D eigenvalue weighted by atomic mass is 10.2. The summed E-state index contributed by atoms with van der Waals surface area (Å²) in [4.78, 5) is 20.4. The fraction of sp³-hybridized carbons (Fsp3) is 0.133. The third kappa shape index (κ3) is 2.95. The van der Waals surface area contributed by atoms with E-state index in [1.54, 1.807) is 24.5 Å². The Balaban J connectivity index is 1.77. The lowest BCUT2D eigenvalue weighted by Crippen LogP contribution is -2.22. The Morgan fingerprint density at radius 2 is 2.29 bits per heavy atom. The number of hydrogen-bond donors (Lipinski definition) is 1. The third-order valence-electron chi connectivity index (χ3n) is 3.11. The van der Waals surface area contributed by atoms with Gasteiger partial charge in [0.15, 0.2) is 0 Å². The molecule has 0 saturated carbocycles. The van der Waals surface area contributed by atoms with Crippen molar-refractivity contribution >= 4 is 27.5 Å². The van der Waals surface area contributed by atoms with E-state index in [9.17, 15) is 4.79 Å². The molecule has 0 saturated heterocycles. The molecule has 3 heterocycles. The normalized spacial score (nSPS) is 10.8. The zero-order chi connectivity index (χ0) is 14.8. The molecule has 0 aliphatic rings. The zero-order valence-electron chi connectivity index (χ0n) is 11.4. The maximum Gasteiger partial charge on any atom is 0.253 e. The van der Waals surface area contributed by atoms with E-state index in [-0.39, 0.29) is 5.91 Å². The third-order valence-corrected chi connectivity index (χ3v) is 3.54. The maximum absolute atomic E-state index is 12.0. The average Bonchev–Trinajstić information content (AvgIpc) is 2.89. The van der Waals surface area contributed by atoms with E-state index in [4.69, 9.17) is 0 Å². The molecule has 6 heteroatoms. The summed E-state index contributed by atoms with van der Waals surface area (Å²) >= 11 is 3.46. The van der Waals surface area contributed by atoms with Gasteiger partial charge in [-0.05, 0) is 46.6 Å². The SMILES string of the molecule is Cc1cc(Br)cn2cc(CNC(=O)c3cccnc3)nc12. The van der Waals surface area contributed by atoms with Gasteiger partial charge in [0, 0.05) is 29.3 Å². The average molecular weight is 345 g/mol. The van der Waals surface area contributed by atoms with Crippen molar-refractivity contribution in [2.24, 2.45) is 0 Å². The van der Waals surface area contributed by atoms with Crippen LogP contribution in [0.25, 0.3) is 5.65 Å². The minimum Gasteiger partial charge on any atom is -0.346 e. The highest BCUT2D eigenvalue weighted by Gasteiger charge is 2.08. The number of amides is 1. The zero-order valence-corrected chi connectivity index (χ0v) is 13.0. The molecule has 21 heavy (non-hydrogen) atoms. The van der Waals surface area contributed by atoms with Gasteiger partial charge >= 0.3 is 0 Å². The molecule has 0 atom stereocenters. The molecule has 5 nitrogen and oxygen atoms in total. The second-order valence-corrected chi connectivity index (χ2v) is 5.64. The van der Waals surface area contributed by atoms with Crippen LogP contribution in [0.1, 0.15) is 21.6 Å². The highest BCUT2D eigenvalue weighted by atomic mass is 79.9. The molecule has 0 unspecified atom stereocenters. The summed E-state index contributed by atoms with van der Waals surface area (Å²) < 4.78 is 2.95. The second-order valence-electron chi connectivity index (χ2n) is 4.73. The van der Waals surface area contributed by atoms with E-state index < -0.39 is 0 Å². The fourth-order valence-electron chi connectivity index (χ4n) is 2.13. The van der Waals surface area contributed by atoms with Gasteiger partial charge in [0.1, 0.15) is 5.65 Å². The summed E-state index contributed by atoms with van der Waals surface area (Å²) in [7, 11) is 0. The molecule has 0 radical (unpaired) electrons. The molecule has 3 aromatic heterocycles. The first-order chi connectivity index (χ1) is 10.1. The number of imidazole rings is 1. The number of rotatable bonds is 3. The maximum atomic E-state index is 12.0. The van der Waals surface area contributed by atoms with Crippen LogP contribution in [0.3, 0.4) is 0 Å². The largest absolute Gasteiger partial charge is 0.346 e. The predicted octanol–water partition coefficient (Wildman–Crippen LogP) is 2.73. The molecule has 0 fully saturated rings. The van der Waals surface area contributed by atoms with Crippen LogP contribution < -0.4 is 5.32 Å². The Morgan fingerprint density at radius 1 is 1.43 bits per heavy atom. The molecular weight excluding hydrogens is 332 g/mol. The molecule has 0 spiro atoms. The molecule has 1 N–H and O–H groups in total. The van der Waals surface area contributed by atoms with Gasteiger partial charge < -0.3 is 9.72 Å². The molecule has 106 valence electrons. The van der Waals surface area contributed by atoms with Gasteiger partial charge in [-0.25, -0.2) is 4.98 Å². The van der Waals surface area contributed by atoms with E-state index in [1.807, 2.05) is 29.8 Å². The van der Waals surface area contributed by atoms with Crippen LogP contribution in [0.5, 0.6) is 0 Å². The number of aromatic nitrogens is 3. The molecule has 0 aliphatic heterocycles. The van der Waals surface area contributed by atoms with Crippen molar-refractivity contribution in [3.05, 3.63) is 64.3 Å². The topological polar surface area (TPSA) is 59.3 Å². The lowest BCUT2D eigenvalue weighted by molar-refractivity contribution is 0.0950. The van der Waals surface area contributed by atoms with Crippen molar-refractivity contribution in [1.82, 2.24) is 19.7 Å². The molecule has 3 rings (SSSR count). The van der Waals surface area contributed by atoms with Crippen LogP contribution >= 0.6 is 15.9 Å². The Bertz CT molecular complexity index is 798. The number of hydrogen-bond acceptors (Lipinski definition) is 3. The van der Waals surface area contributed by atoms with Crippen LogP contribution in [0.15, 0.2) is 47.5 Å². The highest BCUT2D eigenvalue weighted by molar-refractivity contribution is 9.10. The first-order valence-corrected chi connectivity index (χ1v) is 7.25. The van der Waals surface area contributed by atoms with Crippen LogP contribution in [-0.2, 0) is 6.54 Å². The van der Waals surface area contributed by atoms with Crippen molar-refractivity contribution in [2.75, 3.05) is 0 Å². The Labute approximate surface area is 130 Å². The van der Waals surface area contributed by atoms with Gasteiger partial charge in [-0.1, -0.05) is 0 Å². The predicted molar refractivity (Wildman–Crippen MR) is 83.0 cm³/mol. The monoisotopic (exact) mass is 344 g/mol. The molecule has 3 aromatic rings. The van der Waals surface area contributed by atoms with Gasteiger partial charge in [-0.2, -0.15) is 0 Å². The number of nitrogens with zero attached hydrogens (tertiary/aromatic N) is 3. The summed E-state index contributed by atoms with van der Waals surface area (Å²) in [6.45, 7) is 2.39. The molecule has 0 aliphatic carbocycles. The minimum absolute atomic E-state index is 0.155. The number of carbonyl (C=O) groups is 1. The van der Waals surface area contributed by atoms with Crippen molar-refractivity contribution in [1.29, 1.82) is 0 Å². The number of carbonyl (C=O) groups excluding carboxylic acids is 1. The number of aryl methyl sites for hydroxylation is 1. The molecule has 0 bridgehead atoms. The molecule has 1 amide bonds. The lowest BCUT2D eigenvalue weighted by Gasteiger charge is -2.01. The summed E-state index contributed by atoms with van der Waals surface area (Å²) in [6, 6.07) is 5.48. The quantitative estimate of drug-likeness (QED) is 0.794. The highest BCUT2D eigenvalue weighted by Crippen LogP contribution is 2.17. The number of fused-ring (bicyclic) bond motifs is 1. The minimum atomic E-state index is -0.155. The Kier molecular flexibility index (Phi) is 3.70. The van der Waals surface area contributed by atoms with Crippen LogP contribution in [0.4, 0.5) is 0 Å². The van der Waals surface area contributed by atoms with Crippen molar-refractivity contribution in [3.8, 4) is 0 Å². The number of halogens is 1. The summed E-state index contributed by atoms with van der Waals surface area (Å²) in [5.41, 5.74) is 3.33. The van der Waals surface area contributed by atoms with Crippen molar-refractivity contribution in [3.63, 3.8) is 0 Å². The molecule has 0 aromatic carbocycles. The van der Waals surface area contributed by atoms with Crippen LogP contribution in [0, 0.1) is 6.92 Å².